The number of amides is 1. The van der Waals surface area contributed by atoms with Crippen LogP contribution in [0.15, 0.2) is 41.0 Å². The molecule has 0 spiro atoms. The Morgan fingerprint density at radius 2 is 1.85 bits per heavy atom. The summed E-state index contributed by atoms with van der Waals surface area (Å²) < 4.78 is 32.5. The van der Waals surface area contributed by atoms with Crippen LogP contribution >= 0.6 is 0 Å². The molecule has 2 aromatic carbocycles. The summed E-state index contributed by atoms with van der Waals surface area (Å²) in [6.07, 6.45) is 1.72. The smallest absolute Gasteiger partial charge is 0.225 e. The lowest BCUT2D eigenvalue weighted by molar-refractivity contribution is -0.121. The van der Waals surface area contributed by atoms with Gasteiger partial charge in [-0.1, -0.05) is 19.9 Å². The highest BCUT2D eigenvalue weighted by atomic mass is 19.1. The van der Waals surface area contributed by atoms with Gasteiger partial charge in [-0.25, -0.2) is 8.78 Å². The number of hydrogen-bond donors (Lipinski definition) is 1. The first kappa shape index (κ1) is 19.1. The second-order valence-electron chi connectivity index (χ2n) is 7.25. The van der Waals surface area contributed by atoms with Gasteiger partial charge in [0.05, 0.1) is 18.7 Å². The third kappa shape index (κ3) is 4.02. The monoisotopic (exact) mass is 371 g/mol. The Morgan fingerprint density at radius 1 is 1.11 bits per heavy atom. The summed E-state index contributed by atoms with van der Waals surface area (Å²) in [5.41, 5.74) is 4.16. The number of aryl methyl sites for hydroxylation is 1. The Labute approximate surface area is 157 Å². The van der Waals surface area contributed by atoms with E-state index >= 15 is 0 Å². The number of carbonyl (C=O) groups is 1. The van der Waals surface area contributed by atoms with Gasteiger partial charge in [0.15, 0.2) is 0 Å². The molecule has 1 N–H and O–H groups in total. The van der Waals surface area contributed by atoms with Crippen molar-refractivity contribution in [3.8, 4) is 0 Å². The van der Waals surface area contributed by atoms with Gasteiger partial charge in [0.25, 0.3) is 0 Å². The third-order valence-electron chi connectivity index (χ3n) is 4.82. The van der Waals surface area contributed by atoms with Gasteiger partial charge in [0, 0.05) is 22.6 Å². The summed E-state index contributed by atoms with van der Waals surface area (Å²) in [5, 5.41) is 3.68. The molecule has 0 radical (unpaired) electrons. The second kappa shape index (κ2) is 7.51. The van der Waals surface area contributed by atoms with Crippen LogP contribution in [0.1, 0.15) is 55.0 Å². The normalized spacial score (nSPS) is 12.6. The van der Waals surface area contributed by atoms with Gasteiger partial charge in [-0.05, 0) is 49.1 Å². The number of nitrogens with one attached hydrogen (secondary N) is 1. The van der Waals surface area contributed by atoms with E-state index in [-0.39, 0.29) is 17.9 Å². The second-order valence-corrected chi connectivity index (χ2v) is 7.25. The SMILES string of the molecule is Cc1cc2occ(CC(=O)NC(C)c3ccc(F)cc3F)c2cc1C(C)C. The van der Waals surface area contributed by atoms with E-state index in [2.05, 4.69) is 25.2 Å². The van der Waals surface area contributed by atoms with Crippen LogP contribution < -0.4 is 5.32 Å². The first-order valence-corrected chi connectivity index (χ1v) is 9.01. The first-order valence-electron chi connectivity index (χ1n) is 9.01. The van der Waals surface area contributed by atoms with Crippen LogP contribution in [0.5, 0.6) is 0 Å². The number of furan rings is 1. The van der Waals surface area contributed by atoms with Crippen molar-refractivity contribution < 1.29 is 18.0 Å². The van der Waals surface area contributed by atoms with Gasteiger partial charge in [0.1, 0.15) is 17.2 Å². The molecule has 0 aliphatic rings. The number of halogens is 2. The third-order valence-corrected chi connectivity index (χ3v) is 4.82. The molecule has 1 heterocycles. The van der Waals surface area contributed by atoms with E-state index in [1.807, 2.05) is 13.0 Å². The van der Waals surface area contributed by atoms with Crippen molar-refractivity contribution in [2.24, 2.45) is 0 Å². The number of hydrogen-bond acceptors (Lipinski definition) is 2. The highest BCUT2D eigenvalue weighted by molar-refractivity contribution is 5.88. The summed E-state index contributed by atoms with van der Waals surface area (Å²) in [6.45, 7) is 7.96. The molecule has 3 aromatic rings. The molecule has 27 heavy (non-hydrogen) atoms. The lowest BCUT2D eigenvalue weighted by Crippen LogP contribution is -2.28. The van der Waals surface area contributed by atoms with Gasteiger partial charge >= 0.3 is 0 Å². The molecule has 0 aliphatic heterocycles. The Bertz CT molecular complexity index is 991. The molecule has 0 saturated carbocycles. The van der Waals surface area contributed by atoms with Crippen LogP contribution in [0, 0.1) is 18.6 Å². The maximum absolute atomic E-state index is 13.9. The minimum absolute atomic E-state index is 0.126. The molecule has 3 rings (SSSR count). The molecule has 0 saturated heterocycles. The molecule has 5 heteroatoms. The zero-order chi connectivity index (χ0) is 19.7. The van der Waals surface area contributed by atoms with Gasteiger partial charge in [0.2, 0.25) is 5.91 Å². The topological polar surface area (TPSA) is 42.2 Å². The Balaban J connectivity index is 1.78. The molecule has 0 bridgehead atoms. The van der Waals surface area contributed by atoms with Gasteiger partial charge in [-0.15, -0.1) is 0 Å². The largest absolute Gasteiger partial charge is 0.464 e. The summed E-state index contributed by atoms with van der Waals surface area (Å²) in [6, 6.07) is 6.84. The quantitative estimate of drug-likeness (QED) is 0.638. The summed E-state index contributed by atoms with van der Waals surface area (Å²) in [4.78, 5) is 12.5. The lowest BCUT2D eigenvalue weighted by Gasteiger charge is -2.15. The molecule has 142 valence electrons. The molecule has 1 atom stereocenters. The maximum atomic E-state index is 13.9. The highest BCUT2D eigenvalue weighted by Gasteiger charge is 2.17. The van der Waals surface area contributed by atoms with Crippen molar-refractivity contribution in [2.75, 3.05) is 0 Å². The van der Waals surface area contributed by atoms with Crippen molar-refractivity contribution in [1.82, 2.24) is 5.32 Å². The van der Waals surface area contributed by atoms with E-state index in [0.717, 1.165) is 28.2 Å². The standard InChI is InChI=1S/C22H23F2NO2/c1-12(2)18-10-19-15(11-27-21(19)7-13(18)3)8-22(26)25-14(4)17-6-5-16(23)9-20(17)24/h5-7,9-12,14H,8H2,1-4H3,(H,25,26). The molecule has 3 nitrogen and oxygen atoms in total. The van der Waals surface area contributed by atoms with E-state index in [4.69, 9.17) is 4.42 Å². The molecule has 0 fully saturated rings. The maximum Gasteiger partial charge on any atom is 0.225 e. The fourth-order valence-corrected chi connectivity index (χ4v) is 3.40. The van der Waals surface area contributed by atoms with Crippen molar-refractivity contribution in [3.63, 3.8) is 0 Å². The molecular formula is C22H23F2NO2. The minimum Gasteiger partial charge on any atom is -0.464 e. The van der Waals surface area contributed by atoms with E-state index in [1.165, 1.54) is 17.7 Å². The van der Waals surface area contributed by atoms with Crippen LogP contribution in [0.4, 0.5) is 8.78 Å². The fraction of sp³-hybridized carbons (Fsp3) is 0.318. The van der Waals surface area contributed by atoms with Crippen molar-refractivity contribution in [2.45, 2.75) is 46.1 Å². The Kier molecular flexibility index (Phi) is 5.31. The fourth-order valence-electron chi connectivity index (χ4n) is 3.40. The van der Waals surface area contributed by atoms with Crippen LogP contribution in [-0.4, -0.2) is 5.91 Å². The average Bonchev–Trinajstić information content (AvgIpc) is 2.95. The van der Waals surface area contributed by atoms with Gasteiger partial charge < -0.3 is 9.73 Å². The predicted molar refractivity (Wildman–Crippen MR) is 102 cm³/mol. The zero-order valence-corrected chi connectivity index (χ0v) is 15.9. The number of carbonyl (C=O) groups excluding carboxylic acids is 1. The van der Waals surface area contributed by atoms with E-state index < -0.39 is 17.7 Å². The first-order chi connectivity index (χ1) is 12.8. The average molecular weight is 371 g/mol. The van der Waals surface area contributed by atoms with Crippen LogP contribution in [-0.2, 0) is 11.2 Å². The van der Waals surface area contributed by atoms with E-state index in [9.17, 15) is 13.6 Å². The molecule has 1 aromatic heterocycles. The Morgan fingerprint density at radius 3 is 2.52 bits per heavy atom. The van der Waals surface area contributed by atoms with Crippen LogP contribution in [0.25, 0.3) is 11.0 Å². The predicted octanol–water partition coefficient (Wildman–Crippen LogP) is 5.56. The zero-order valence-electron chi connectivity index (χ0n) is 15.9. The summed E-state index contributed by atoms with van der Waals surface area (Å²) in [5.74, 6) is -1.20. The van der Waals surface area contributed by atoms with E-state index in [0.29, 0.717) is 5.92 Å². The number of rotatable bonds is 5. The number of benzene rings is 2. The van der Waals surface area contributed by atoms with Gasteiger partial charge in [-0.2, -0.15) is 0 Å². The van der Waals surface area contributed by atoms with Crippen LogP contribution in [0.3, 0.4) is 0 Å². The summed E-state index contributed by atoms with van der Waals surface area (Å²) in [7, 11) is 0. The van der Waals surface area contributed by atoms with Crippen molar-refractivity contribution in [1.29, 1.82) is 0 Å². The van der Waals surface area contributed by atoms with Crippen molar-refractivity contribution >= 4 is 16.9 Å². The lowest BCUT2D eigenvalue weighted by atomic mass is 9.95. The van der Waals surface area contributed by atoms with Gasteiger partial charge in [-0.3, -0.25) is 4.79 Å². The molecule has 1 unspecified atom stereocenters. The molecule has 0 aliphatic carbocycles. The van der Waals surface area contributed by atoms with E-state index in [1.54, 1.807) is 13.2 Å². The molecule has 1 amide bonds. The highest BCUT2D eigenvalue weighted by Crippen LogP contribution is 2.29. The van der Waals surface area contributed by atoms with Crippen LogP contribution in [0.2, 0.25) is 0 Å². The molecular weight excluding hydrogens is 348 g/mol. The minimum atomic E-state index is -0.673. The summed E-state index contributed by atoms with van der Waals surface area (Å²) >= 11 is 0. The van der Waals surface area contributed by atoms with Crippen molar-refractivity contribution in [3.05, 3.63) is 70.5 Å². The Hall–Kier alpha value is -2.69. The number of fused-ring (bicyclic) bond motifs is 1.